The van der Waals surface area contributed by atoms with Crippen LogP contribution in [0, 0.1) is 0 Å². The molecular formula is C14H23N3O3. The third-order valence-electron chi connectivity index (χ3n) is 4.71. The number of methoxy groups -OCH3 is 1. The number of nitrogens with zero attached hydrogens (tertiary/aromatic N) is 3. The zero-order valence-corrected chi connectivity index (χ0v) is 12.3. The van der Waals surface area contributed by atoms with Crippen LogP contribution in [0.25, 0.3) is 0 Å². The van der Waals surface area contributed by atoms with E-state index >= 15 is 0 Å². The summed E-state index contributed by atoms with van der Waals surface area (Å²) in [5.41, 5.74) is -0.311. The Morgan fingerprint density at radius 3 is 2.50 bits per heavy atom. The predicted octanol–water partition coefficient (Wildman–Crippen LogP) is 2.23. The molecule has 1 saturated carbocycles. The third kappa shape index (κ3) is 2.47. The molecule has 0 unspecified atom stereocenters. The summed E-state index contributed by atoms with van der Waals surface area (Å²) in [6.45, 7) is 1.82. The third-order valence-corrected chi connectivity index (χ3v) is 4.71. The van der Waals surface area contributed by atoms with Crippen LogP contribution in [0.5, 0.6) is 0 Å². The minimum atomic E-state index is -0.311. The first-order chi connectivity index (χ1) is 9.77. The van der Waals surface area contributed by atoms with Crippen molar-refractivity contribution in [1.29, 1.82) is 0 Å². The molecule has 0 aromatic carbocycles. The molecule has 20 heavy (non-hydrogen) atoms. The summed E-state index contributed by atoms with van der Waals surface area (Å²) >= 11 is 0. The Kier molecular flexibility index (Phi) is 4.05. The van der Waals surface area contributed by atoms with Gasteiger partial charge in [0, 0.05) is 26.1 Å². The molecule has 0 atom stereocenters. The van der Waals surface area contributed by atoms with Gasteiger partial charge in [0.2, 0.25) is 11.7 Å². The lowest BCUT2D eigenvalue weighted by Crippen LogP contribution is -2.32. The van der Waals surface area contributed by atoms with E-state index in [0.717, 1.165) is 50.5 Å². The zero-order valence-electron chi connectivity index (χ0n) is 12.3. The van der Waals surface area contributed by atoms with Gasteiger partial charge >= 0.3 is 0 Å². The summed E-state index contributed by atoms with van der Waals surface area (Å²) in [5, 5.41) is 6.17. The molecule has 6 heteroatoms. The van der Waals surface area contributed by atoms with Crippen molar-refractivity contribution in [3.8, 4) is 0 Å². The van der Waals surface area contributed by atoms with Crippen molar-refractivity contribution in [2.45, 2.75) is 50.0 Å². The second kappa shape index (κ2) is 5.79. The standard InChI is InChI=1S/C14H23N3O3/c1-18-14(7-3-4-8-14)13-15-12(20-16-13)11-5-9-17(19-2)10-6-11/h11H,3-10H2,1-2H3. The molecule has 1 aliphatic heterocycles. The highest BCUT2D eigenvalue weighted by Crippen LogP contribution is 2.40. The van der Waals surface area contributed by atoms with E-state index < -0.39 is 0 Å². The van der Waals surface area contributed by atoms with Crippen molar-refractivity contribution in [2.24, 2.45) is 0 Å². The highest BCUT2D eigenvalue weighted by Gasteiger charge is 2.40. The second-order valence-electron chi connectivity index (χ2n) is 5.75. The number of ether oxygens (including phenoxy) is 1. The van der Waals surface area contributed by atoms with E-state index in [2.05, 4.69) is 10.1 Å². The van der Waals surface area contributed by atoms with Crippen LogP contribution in [0.15, 0.2) is 4.52 Å². The van der Waals surface area contributed by atoms with Crippen molar-refractivity contribution in [3.05, 3.63) is 11.7 Å². The van der Waals surface area contributed by atoms with Gasteiger partial charge in [-0.1, -0.05) is 5.16 Å². The van der Waals surface area contributed by atoms with Crippen LogP contribution in [0.3, 0.4) is 0 Å². The lowest BCUT2D eigenvalue weighted by atomic mass is 9.97. The minimum absolute atomic E-state index is 0.311. The van der Waals surface area contributed by atoms with Crippen LogP contribution < -0.4 is 0 Å². The molecule has 0 amide bonds. The molecule has 2 heterocycles. The monoisotopic (exact) mass is 281 g/mol. The Bertz CT molecular complexity index is 435. The van der Waals surface area contributed by atoms with E-state index in [1.165, 1.54) is 12.8 Å². The highest BCUT2D eigenvalue weighted by atomic mass is 16.7. The molecule has 0 N–H and O–H groups in total. The Hall–Kier alpha value is -0.980. The maximum absolute atomic E-state index is 5.71. The fraction of sp³-hybridized carbons (Fsp3) is 0.857. The van der Waals surface area contributed by atoms with E-state index in [0.29, 0.717) is 5.92 Å². The van der Waals surface area contributed by atoms with Crippen molar-refractivity contribution in [2.75, 3.05) is 27.3 Å². The first-order valence-electron chi connectivity index (χ1n) is 7.46. The molecule has 0 spiro atoms. The van der Waals surface area contributed by atoms with E-state index in [-0.39, 0.29) is 5.60 Å². The highest BCUT2D eigenvalue weighted by molar-refractivity contribution is 5.06. The van der Waals surface area contributed by atoms with Gasteiger partial charge in [0.1, 0.15) is 5.60 Å². The van der Waals surface area contributed by atoms with Gasteiger partial charge in [-0.3, -0.25) is 0 Å². The molecule has 0 radical (unpaired) electrons. The summed E-state index contributed by atoms with van der Waals surface area (Å²) in [6.07, 6.45) is 6.31. The lowest BCUT2D eigenvalue weighted by molar-refractivity contribution is -0.144. The maximum atomic E-state index is 5.71. The average Bonchev–Trinajstić information content (AvgIpc) is 3.17. The Morgan fingerprint density at radius 2 is 1.90 bits per heavy atom. The molecule has 6 nitrogen and oxygen atoms in total. The van der Waals surface area contributed by atoms with Crippen LogP contribution in [-0.4, -0.2) is 42.5 Å². The van der Waals surface area contributed by atoms with Crippen LogP contribution >= 0.6 is 0 Å². The normalized spacial score (nSPS) is 24.3. The van der Waals surface area contributed by atoms with Crippen molar-refractivity contribution in [1.82, 2.24) is 15.2 Å². The zero-order chi connectivity index (χ0) is 14.0. The largest absolute Gasteiger partial charge is 0.370 e. The molecular weight excluding hydrogens is 258 g/mol. The molecule has 1 aromatic rings. The molecule has 3 rings (SSSR count). The first-order valence-corrected chi connectivity index (χ1v) is 7.46. The molecule has 1 aliphatic carbocycles. The van der Waals surface area contributed by atoms with E-state index in [1.807, 2.05) is 5.06 Å². The Morgan fingerprint density at radius 1 is 1.20 bits per heavy atom. The SMILES string of the molecule is CON1CCC(c2nc(C3(OC)CCCC3)no2)CC1. The van der Waals surface area contributed by atoms with Crippen molar-refractivity contribution < 1.29 is 14.1 Å². The Labute approximate surface area is 119 Å². The Balaban J connectivity index is 1.71. The molecule has 0 bridgehead atoms. The van der Waals surface area contributed by atoms with Gasteiger partial charge in [-0.15, -0.1) is 0 Å². The van der Waals surface area contributed by atoms with Gasteiger partial charge in [0.05, 0.1) is 7.11 Å². The average molecular weight is 281 g/mol. The second-order valence-corrected chi connectivity index (χ2v) is 5.75. The van der Waals surface area contributed by atoms with E-state index in [4.69, 9.17) is 14.1 Å². The minimum Gasteiger partial charge on any atom is -0.370 e. The van der Waals surface area contributed by atoms with E-state index in [1.54, 1.807) is 14.2 Å². The van der Waals surface area contributed by atoms with Crippen LogP contribution in [-0.2, 0) is 15.2 Å². The molecule has 112 valence electrons. The molecule has 1 saturated heterocycles. The van der Waals surface area contributed by atoms with Crippen molar-refractivity contribution >= 4 is 0 Å². The van der Waals surface area contributed by atoms with Gasteiger partial charge < -0.3 is 14.1 Å². The summed E-state index contributed by atoms with van der Waals surface area (Å²) in [6, 6.07) is 0. The molecule has 1 aromatic heterocycles. The summed E-state index contributed by atoms with van der Waals surface area (Å²) in [5.74, 6) is 1.85. The van der Waals surface area contributed by atoms with Crippen LogP contribution in [0.1, 0.15) is 56.2 Å². The fourth-order valence-electron chi connectivity index (χ4n) is 3.34. The van der Waals surface area contributed by atoms with E-state index in [9.17, 15) is 0 Å². The predicted molar refractivity (Wildman–Crippen MR) is 72.0 cm³/mol. The topological polar surface area (TPSA) is 60.6 Å². The summed E-state index contributed by atoms with van der Waals surface area (Å²) in [4.78, 5) is 9.89. The number of hydrogen-bond acceptors (Lipinski definition) is 6. The van der Waals surface area contributed by atoms with Gasteiger partial charge in [0.15, 0.2) is 0 Å². The van der Waals surface area contributed by atoms with Crippen LogP contribution in [0.4, 0.5) is 0 Å². The van der Waals surface area contributed by atoms with Gasteiger partial charge in [-0.2, -0.15) is 10.0 Å². The van der Waals surface area contributed by atoms with Crippen molar-refractivity contribution in [3.63, 3.8) is 0 Å². The summed E-state index contributed by atoms with van der Waals surface area (Å²) in [7, 11) is 3.46. The van der Waals surface area contributed by atoms with Gasteiger partial charge in [-0.25, -0.2) is 0 Å². The lowest BCUT2D eigenvalue weighted by Gasteiger charge is -2.28. The van der Waals surface area contributed by atoms with Gasteiger partial charge in [0.25, 0.3) is 0 Å². The summed E-state index contributed by atoms with van der Waals surface area (Å²) < 4.78 is 11.2. The number of piperidine rings is 1. The van der Waals surface area contributed by atoms with Crippen LogP contribution in [0.2, 0.25) is 0 Å². The smallest absolute Gasteiger partial charge is 0.229 e. The number of rotatable bonds is 4. The maximum Gasteiger partial charge on any atom is 0.229 e. The number of hydroxylamine groups is 2. The number of aromatic nitrogens is 2. The molecule has 2 fully saturated rings. The molecule has 2 aliphatic rings. The van der Waals surface area contributed by atoms with Gasteiger partial charge in [-0.05, 0) is 38.5 Å². The first kappa shape index (κ1) is 14.0. The fourth-order valence-corrected chi connectivity index (χ4v) is 3.34. The number of hydrogen-bond donors (Lipinski definition) is 0. The quantitative estimate of drug-likeness (QED) is 0.843.